The predicted octanol–water partition coefficient (Wildman–Crippen LogP) is 2.49. The van der Waals surface area contributed by atoms with E-state index >= 15 is 0 Å². The number of amidine groups is 1. The van der Waals surface area contributed by atoms with Gasteiger partial charge in [-0.1, -0.05) is 27.7 Å². The van der Waals surface area contributed by atoms with Crippen molar-refractivity contribution in [3.8, 4) is 0 Å². The molecular weight excluding hydrogens is 262 g/mol. The molecule has 0 aromatic carbocycles. The van der Waals surface area contributed by atoms with Crippen LogP contribution in [-0.2, 0) is 4.79 Å². The lowest BCUT2D eigenvalue weighted by atomic mass is 9.61. The summed E-state index contributed by atoms with van der Waals surface area (Å²) in [5.74, 6) is 1.52. The lowest BCUT2D eigenvalue weighted by Gasteiger charge is -2.44. The number of rotatable bonds is 1. The number of nitrogens with one attached hydrogen (secondary N) is 2. The van der Waals surface area contributed by atoms with Crippen molar-refractivity contribution >= 4 is 11.7 Å². The smallest absolute Gasteiger partial charge is 0.253 e. The highest BCUT2D eigenvalue weighted by Gasteiger charge is 2.48. The van der Waals surface area contributed by atoms with Crippen molar-refractivity contribution in [1.82, 2.24) is 10.6 Å². The Balaban J connectivity index is 1.83. The Hall–Kier alpha value is -0.900. The number of hydrogen-bond donors (Lipinski definition) is 2. The van der Waals surface area contributed by atoms with Crippen LogP contribution < -0.4 is 10.6 Å². The van der Waals surface area contributed by atoms with Gasteiger partial charge in [-0.15, -0.1) is 0 Å². The lowest BCUT2D eigenvalue weighted by molar-refractivity contribution is -0.124. The highest BCUT2D eigenvalue weighted by Crippen LogP contribution is 2.49. The van der Waals surface area contributed by atoms with Crippen LogP contribution in [0.1, 0.15) is 59.8 Å². The lowest BCUT2D eigenvalue weighted by Crippen LogP contribution is -2.48. The van der Waals surface area contributed by atoms with Gasteiger partial charge in [0, 0.05) is 5.92 Å². The molecule has 1 saturated heterocycles. The second-order valence-corrected chi connectivity index (χ2v) is 8.84. The first kappa shape index (κ1) is 15.0. The number of carbonyl (C=O) groups excluding carboxylic acids is 1. The molecule has 0 bridgehead atoms. The molecule has 21 heavy (non-hydrogen) atoms. The molecule has 0 unspecified atom stereocenters. The van der Waals surface area contributed by atoms with E-state index < -0.39 is 5.54 Å². The molecule has 1 spiro atoms. The van der Waals surface area contributed by atoms with E-state index in [1.54, 1.807) is 0 Å². The summed E-state index contributed by atoms with van der Waals surface area (Å²) in [4.78, 5) is 17.4. The van der Waals surface area contributed by atoms with Crippen LogP contribution in [0.15, 0.2) is 4.99 Å². The van der Waals surface area contributed by atoms with Crippen LogP contribution in [0.3, 0.4) is 0 Å². The molecule has 1 aliphatic carbocycles. The molecule has 3 rings (SSSR count). The molecule has 0 aromatic heterocycles. The highest BCUT2D eigenvalue weighted by molar-refractivity contribution is 6.09. The van der Waals surface area contributed by atoms with E-state index in [1.165, 1.54) is 6.42 Å². The van der Waals surface area contributed by atoms with Crippen LogP contribution >= 0.6 is 0 Å². The molecule has 1 saturated carbocycles. The van der Waals surface area contributed by atoms with Gasteiger partial charge in [0.25, 0.3) is 5.91 Å². The molecule has 4 nitrogen and oxygen atoms in total. The van der Waals surface area contributed by atoms with Crippen molar-refractivity contribution in [2.45, 2.75) is 65.3 Å². The number of aliphatic imine (C=N–C) groups is 1. The fraction of sp³-hybridized carbons (Fsp3) is 0.882. The van der Waals surface area contributed by atoms with Crippen LogP contribution in [0.2, 0.25) is 0 Å². The molecule has 0 radical (unpaired) electrons. The summed E-state index contributed by atoms with van der Waals surface area (Å²) in [5.41, 5.74) is 0.180. The molecule has 2 fully saturated rings. The van der Waals surface area contributed by atoms with E-state index in [4.69, 9.17) is 4.99 Å². The molecule has 4 heteroatoms. The Kier molecular flexibility index (Phi) is 3.43. The fourth-order valence-corrected chi connectivity index (χ4v) is 4.95. The SMILES string of the molecule is CC1(C)CC(C2=NC3(CCNCC3)C(=O)N2)CC(C)(C)C1. The number of piperidine rings is 1. The Bertz CT molecular complexity index is 456. The van der Waals surface area contributed by atoms with Gasteiger partial charge in [-0.2, -0.15) is 0 Å². The van der Waals surface area contributed by atoms with E-state index in [0.29, 0.717) is 16.7 Å². The van der Waals surface area contributed by atoms with E-state index in [0.717, 1.165) is 44.6 Å². The van der Waals surface area contributed by atoms with Crippen molar-refractivity contribution in [3.63, 3.8) is 0 Å². The molecule has 2 N–H and O–H groups in total. The first-order valence-electron chi connectivity index (χ1n) is 8.33. The van der Waals surface area contributed by atoms with E-state index in [2.05, 4.69) is 38.3 Å². The van der Waals surface area contributed by atoms with Gasteiger partial charge in [0.1, 0.15) is 11.4 Å². The minimum Gasteiger partial charge on any atom is -0.317 e. The first-order chi connectivity index (χ1) is 9.72. The Labute approximate surface area is 128 Å². The summed E-state index contributed by atoms with van der Waals surface area (Å²) in [7, 11) is 0. The van der Waals surface area contributed by atoms with Gasteiger partial charge in [0.15, 0.2) is 0 Å². The average molecular weight is 291 g/mol. The zero-order chi connectivity index (χ0) is 15.3. The zero-order valence-electron chi connectivity index (χ0n) is 13.9. The summed E-state index contributed by atoms with van der Waals surface area (Å²) in [6, 6.07) is 0. The summed E-state index contributed by atoms with van der Waals surface area (Å²) < 4.78 is 0. The Morgan fingerprint density at radius 3 is 2.19 bits per heavy atom. The maximum absolute atomic E-state index is 12.5. The summed E-state index contributed by atoms with van der Waals surface area (Å²) in [6.45, 7) is 11.2. The molecule has 0 aromatic rings. The standard InChI is InChI=1S/C17H29N3O/c1-15(2)9-12(10-16(3,4)11-15)13-19-14(21)17(20-13)5-7-18-8-6-17/h12,18H,5-11H2,1-4H3,(H,19,20,21). The minimum atomic E-state index is -0.466. The fourth-order valence-electron chi connectivity index (χ4n) is 4.95. The largest absolute Gasteiger partial charge is 0.317 e. The van der Waals surface area contributed by atoms with Gasteiger partial charge < -0.3 is 10.6 Å². The van der Waals surface area contributed by atoms with Gasteiger partial charge in [-0.25, -0.2) is 0 Å². The second kappa shape index (κ2) is 4.80. The predicted molar refractivity (Wildman–Crippen MR) is 85.3 cm³/mol. The van der Waals surface area contributed by atoms with Crippen molar-refractivity contribution in [2.24, 2.45) is 21.7 Å². The number of hydrogen-bond acceptors (Lipinski definition) is 3. The molecule has 2 aliphatic heterocycles. The Morgan fingerprint density at radius 2 is 1.62 bits per heavy atom. The maximum Gasteiger partial charge on any atom is 0.253 e. The van der Waals surface area contributed by atoms with Gasteiger partial charge in [-0.3, -0.25) is 9.79 Å². The van der Waals surface area contributed by atoms with Crippen molar-refractivity contribution in [1.29, 1.82) is 0 Å². The molecule has 2 heterocycles. The van der Waals surface area contributed by atoms with Crippen LogP contribution in [0, 0.1) is 16.7 Å². The molecule has 118 valence electrons. The van der Waals surface area contributed by atoms with Crippen molar-refractivity contribution < 1.29 is 4.79 Å². The van der Waals surface area contributed by atoms with Crippen LogP contribution in [0.5, 0.6) is 0 Å². The normalized spacial score (nSPS) is 31.0. The second-order valence-electron chi connectivity index (χ2n) is 8.84. The van der Waals surface area contributed by atoms with Crippen molar-refractivity contribution in [2.75, 3.05) is 13.1 Å². The number of carbonyl (C=O) groups is 1. The molecular formula is C17H29N3O. The van der Waals surface area contributed by atoms with E-state index in [1.807, 2.05) is 0 Å². The zero-order valence-corrected chi connectivity index (χ0v) is 13.9. The Morgan fingerprint density at radius 1 is 1.05 bits per heavy atom. The third kappa shape index (κ3) is 2.87. The third-order valence-electron chi connectivity index (χ3n) is 5.37. The minimum absolute atomic E-state index is 0.139. The van der Waals surface area contributed by atoms with Crippen LogP contribution in [0.4, 0.5) is 0 Å². The highest BCUT2D eigenvalue weighted by atomic mass is 16.2. The van der Waals surface area contributed by atoms with Gasteiger partial charge in [0.05, 0.1) is 0 Å². The summed E-state index contributed by atoms with van der Waals surface area (Å²) in [6.07, 6.45) is 5.17. The topological polar surface area (TPSA) is 53.5 Å². The molecule has 1 amide bonds. The quantitative estimate of drug-likeness (QED) is 0.780. The van der Waals surface area contributed by atoms with Crippen molar-refractivity contribution in [3.05, 3.63) is 0 Å². The van der Waals surface area contributed by atoms with Crippen LogP contribution in [0.25, 0.3) is 0 Å². The van der Waals surface area contributed by atoms with Gasteiger partial charge >= 0.3 is 0 Å². The summed E-state index contributed by atoms with van der Waals surface area (Å²) in [5, 5.41) is 6.47. The van der Waals surface area contributed by atoms with Gasteiger partial charge in [-0.05, 0) is 56.0 Å². The third-order valence-corrected chi connectivity index (χ3v) is 5.37. The van der Waals surface area contributed by atoms with E-state index in [-0.39, 0.29) is 5.91 Å². The number of amides is 1. The molecule has 0 atom stereocenters. The number of nitrogens with zero attached hydrogens (tertiary/aromatic N) is 1. The van der Waals surface area contributed by atoms with E-state index in [9.17, 15) is 4.79 Å². The van der Waals surface area contributed by atoms with Crippen LogP contribution in [-0.4, -0.2) is 30.4 Å². The molecule has 3 aliphatic rings. The average Bonchev–Trinajstić information content (AvgIpc) is 2.64. The summed E-state index contributed by atoms with van der Waals surface area (Å²) >= 11 is 0. The van der Waals surface area contributed by atoms with Gasteiger partial charge in [0.2, 0.25) is 0 Å². The maximum atomic E-state index is 12.5. The first-order valence-corrected chi connectivity index (χ1v) is 8.33. The monoisotopic (exact) mass is 291 g/mol.